The Labute approximate surface area is 110 Å². The summed E-state index contributed by atoms with van der Waals surface area (Å²) in [5.41, 5.74) is 8.28. The summed E-state index contributed by atoms with van der Waals surface area (Å²) in [5.74, 6) is 0.695. The highest BCUT2D eigenvalue weighted by Gasteiger charge is 2.24. The zero-order valence-corrected chi connectivity index (χ0v) is 11.2. The van der Waals surface area contributed by atoms with Crippen molar-refractivity contribution in [1.82, 2.24) is 9.97 Å². The first kappa shape index (κ1) is 11.9. The van der Waals surface area contributed by atoms with E-state index < -0.39 is 0 Å². The monoisotopic (exact) mass is 263 g/mol. The minimum Gasteiger partial charge on any atom is -0.472 e. The van der Waals surface area contributed by atoms with Gasteiger partial charge in [0.15, 0.2) is 0 Å². The molecule has 96 valence electrons. The molecular weight excluding hydrogens is 246 g/mol. The number of hydrogen-bond donors (Lipinski definition) is 1. The molecule has 1 fully saturated rings. The lowest BCUT2D eigenvalue weighted by Gasteiger charge is -2.28. The molecule has 0 amide bonds. The minimum absolute atomic E-state index is 0.0965. The highest BCUT2D eigenvalue weighted by molar-refractivity contribution is 7.17. The molecule has 0 aromatic carbocycles. The second kappa shape index (κ2) is 4.82. The van der Waals surface area contributed by atoms with Crippen molar-refractivity contribution in [2.75, 3.05) is 0 Å². The largest absolute Gasteiger partial charge is 0.472 e. The molecule has 0 bridgehead atoms. The lowest BCUT2D eigenvalue weighted by molar-refractivity contribution is 0.129. The average Bonchev–Trinajstić information content (AvgIpc) is 2.76. The first-order valence-electron chi connectivity index (χ1n) is 6.37. The minimum atomic E-state index is 0.0965. The van der Waals surface area contributed by atoms with E-state index in [1.54, 1.807) is 17.7 Å². The van der Waals surface area contributed by atoms with Crippen molar-refractivity contribution in [1.29, 1.82) is 0 Å². The quantitative estimate of drug-likeness (QED) is 0.904. The maximum atomic E-state index is 6.11. The van der Waals surface area contributed by atoms with Crippen molar-refractivity contribution in [3.63, 3.8) is 0 Å². The molecule has 2 aromatic rings. The van der Waals surface area contributed by atoms with Gasteiger partial charge in [-0.2, -0.15) is 0 Å². The molecule has 18 heavy (non-hydrogen) atoms. The highest BCUT2D eigenvalue weighted by Crippen LogP contribution is 2.32. The van der Waals surface area contributed by atoms with Crippen LogP contribution in [0.5, 0.6) is 5.88 Å². The van der Waals surface area contributed by atoms with Crippen molar-refractivity contribution in [2.24, 2.45) is 5.73 Å². The lowest BCUT2D eigenvalue weighted by atomic mass is 9.93. The maximum Gasteiger partial charge on any atom is 0.235 e. The maximum absolute atomic E-state index is 6.11. The van der Waals surface area contributed by atoms with Gasteiger partial charge in [0.1, 0.15) is 17.1 Å². The summed E-state index contributed by atoms with van der Waals surface area (Å²) in [7, 11) is 0. The zero-order valence-electron chi connectivity index (χ0n) is 10.4. The molecule has 0 spiro atoms. The van der Waals surface area contributed by atoms with Gasteiger partial charge in [-0.15, -0.1) is 11.3 Å². The van der Waals surface area contributed by atoms with E-state index >= 15 is 0 Å². The van der Waals surface area contributed by atoms with Crippen LogP contribution in [0.15, 0.2) is 11.7 Å². The number of aryl methyl sites for hydroxylation is 1. The summed E-state index contributed by atoms with van der Waals surface area (Å²) in [6.07, 6.45) is 6.14. The third kappa shape index (κ3) is 2.08. The van der Waals surface area contributed by atoms with Gasteiger partial charge < -0.3 is 10.5 Å². The van der Waals surface area contributed by atoms with Crippen LogP contribution in [0.2, 0.25) is 0 Å². The molecule has 3 rings (SSSR count). The Hall–Kier alpha value is -1.20. The standard InChI is InChI=1S/C13H17N3OS/c1-8-6-18-12-11(8)15-7-16-13(12)17-10-5-3-2-4-9(10)14/h6-7,9-10H,2-5,14H2,1H3. The molecule has 1 aliphatic rings. The van der Waals surface area contributed by atoms with E-state index in [4.69, 9.17) is 10.5 Å². The molecule has 5 heteroatoms. The van der Waals surface area contributed by atoms with Gasteiger partial charge in [-0.1, -0.05) is 6.42 Å². The molecule has 4 nitrogen and oxygen atoms in total. The van der Waals surface area contributed by atoms with E-state index in [0.29, 0.717) is 5.88 Å². The Morgan fingerprint density at radius 3 is 3.00 bits per heavy atom. The van der Waals surface area contributed by atoms with Crippen molar-refractivity contribution in [2.45, 2.75) is 44.8 Å². The van der Waals surface area contributed by atoms with Crippen LogP contribution in [-0.4, -0.2) is 22.1 Å². The second-order valence-corrected chi connectivity index (χ2v) is 5.76. The fourth-order valence-corrected chi connectivity index (χ4v) is 3.38. The molecule has 0 radical (unpaired) electrons. The Bertz CT molecular complexity index is 554. The van der Waals surface area contributed by atoms with Crippen LogP contribution in [0.1, 0.15) is 31.2 Å². The van der Waals surface area contributed by atoms with E-state index in [-0.39, 0.29) is 12.1 Å². The van der Waals surface area contributed by atoms with Crippen LogP contribution >= 0.6 is 11.3 Å². The van der Waals surface area contributed by atoms with Crippen LogP contribution in [0.25, 0.3) is 10.2 Å². The summed E-state index contributed by atoms with van der Waals surface area (Å²) < 4.78 is 7.06. The van der Waals surface area contributed by atoms with Crippen molar-refractivity contribution >= 4 is 21.6 Å². The fraction of sp³-hybridized carbons (Fsp3) is 0.538. The van der Waals surface area contributed by atoms with Crippen molar-refractivity contribution < 1.29 is 4.74 Å². The Balaban J connectivity index is 1.90. The predicted molar refractivity (Wildman–Crippen MR) is 73.0 cm³/mol. The number of aromatic nitrogens is 2. The summed E-state index contributed by atoms with van der Waals surface area (Å²) >= 11 is 1.64. The molecule has 2 aromatic heterocycles. The van der Waals surface area contributed by atoms with Crippen LogP contribution in [0.4, 0.5) is 0 Å². The van der Waals surface area contributed by atoms with Gasteiger partial charge in [-0.25, -0.2) is 9.97 Å². The Kier molecular flexibility index (Phi) is 3.18. The smallest absolute Gasteiger partial charge is 0.235 e. The molecule has 2 N–H and O–H groups in total. The number of ether oxygens (including phenoxy) is 1. The Morgan fingerprint density at radius 1 is 1.33 bits per heavy atom. The Morgan fingerprint density at radius 2 is 2.17 bits per heavy atom. The summed E-state index contributed by atoms with van der Waals surface area (Å²) in [6, 6.07) is 0.129. The first-order chi connectivity index (χ1) is 8.75. The highest BCUT2D eigenvalue weighted by atomic mass is 32.1. The number of nitrogens with zero attached hydrogens (tertiary/aromatic N) is 2. The molecule has 0 saturated heterocycles. The van der Waals surface area contributed by atoms with Crippen LogP contribution in [0.3, 0.4) is 0 Å². The molecule has 0 aliphatic heterocycles. The topological polar surface area (TPSA) is 61.0 Å². The predicted octanol–water partition coefficient (Wildman–Crippen LogP) is 2.65. The summed E-state index contributed by atoms with van der Waals surface area (Å²) in [5, 5.41) is 2.09. The van der Waals surface area contributed by atoms with Gasteiger partial charge in [0.05, 0.1) is 5.52 Å². The van der Waals surface area contributed by atoms with Crippen LogP contribution in [-0.2, 0) is 0 Å². The van der Waals surface area contributed by atoms with Gasteiger partial charge in [-0.05, 0) is 37.1 Å². The van der Waals surface area contributed by atoms with Gasteiger partial charge in [0, 0.05) is 6.04 Å². The van der Waals surface area contributed by atoms with Gasteiger partial charge in [0.2, 0.25) is 5.88 Å². The molecule has 1 saturated carbocycles. The van der Waals surface area contributed by atoms with E-state index in [2.05, 4.69) is 22.3 Å². The van der Waals surface area contributed by atoms with Gasteiger partial charge in [-0.3, -0.25) is 0 Å². The first-order valence-corrected chi connectivity index (χ1v) is 7.24. The van der Waals surface area contributed by atoms with Gasteiger partial charge >= 0.3 is 0 Å². The number of nitrogens with two attached hydrogens (primary N) is 1. The fourth-order valence-electron chi connectivity index (χ4n) is 2.45. The normalized spacial score (nSPS) is 24.3. The summed E-state index contributed by atoms with van der Waals surface area (Å²) in [4.78, 5) is 8.57. The number of rotatable bonds is 2. The third-order valence-corrected chi connectivity index (χ3v) is 4.59. The third-order valence-electron chi connectivity index (χ3n) is 3.51. The van der Waals surface area contributed by atoms with Crippen molar-refractivity contribution in [3.05, 3.63) is 17.3 Å². The number of fused-ring (bicyclic) bond motifs is 1. The van der Waals surface area contributed by atoms with Gasteiger partial charge in [0.25, 0.3) is 0 Å². The van der Waals surface area contributed by atoms with Crippen molar-refractivity contribution in [3.8, 4) is 5.88 Å². The summed E-state index contributed by atoms with van der Waals surface area (Å²) in [6.45, 7) is 2.06. The van der Waals surface area contributed by atoms with E-state index in [1.165, 1.54) is 18.4 Å². The second-order valence-electron chi connectivity index (χ2n) is 4.88. The lowest BCUT2D eigenvalue weighted by Crippen LogP contribution is -2.41. The van der Waals surface area contributed by atoms with E-state index in [1.807, 2.05) is 0 Å². The molecule has 1 aliphatic carbocycles. The van der Waals surface area contributed by atoms with Crippen LogP contribution < -0.4 is 10.5 Å². The van der Waals surface area contributed by atoms with Crippen LogP contribution in [0, 0.1) is 6.92 Å². The average molecular weight is 263 g/mol. The molecule has 2 atom stereocenters. The SMILES string of the molecule is Cc1csc2c(OC3CCCCC3N)ncnc12. The number of hydrogen-bond acceptors (Lipinski definition) is 5. The van der Waals surface area contributed by atoms with E-state index in [9.17, 15) is 0 Å². The molecule has 2 heterocycles. The zero-order chi connectivity index (χ0) is 12.5. The van der Waals surface area contributed by atoms with E-state index in [0.717, 1.165) is 23.1 Å². The number of thiophene rings is 1. The molecular formula is C13H17N3OS. The molecule has 2 unspecified atom stereocenters.